The molecule has 2 rings (SSSR count). The maximum absolute atomic E-state index is 12.0. The van der Waals surface area contributed by atoms with Crippen LogP contribution in [0.4, 0.5) is 0 Å². The maximum atomic E-state index is 12.0. The van der Waals surface area contributed by atoms with E-state index in [0.29, 0.717) is 11.1 Å². The van der Waals surface area contributed by atoms with Gasteiger partial charge in [-0.3, -0.25) is 4.79 Å². The van der Waals surface area contributed by atoms with E-state index in [4.69, 9.17) is 5.11 Å². The minimum atomic E-state index is -0.997. The van der Waals surface area contributed by atoms with Crippen LogP contribution in [0.3, 0.4) is 0 Å². The van der Waals surface area contributed by atoms with E-state index in [2.05, 4.69) is 0 Å². The predicted octanol–water partition coefficient (Wildman–Crippen LogP) is 2.61. The van der Waals surface area contributed by atoms with Crippen LogP contribution in [0.15, 0.2) is 54.6 Å². The second-order valence-electron chi connectivity index (χ2n) is 3.58. The standard InChI is InChI=1S/C14H10O3.Cu/c15-13(10-4-2-1-3-5-10)11-6-8-12(9-7-11)14(16)17;/h1-9H,(H,16,17);. The quantitative estimate of drug-likeness (QED) is 0.698. The molecule has 2 aromatic carbocycles. The molecule has 0 saturated heterocycles. The molecule has 1 N–H and O–H groups in total. The number of hydrogen-bond acceptors (Lipinski definition) is 2. The van der Waals surface area contributed by atoms with Gasteiger partial charge >= 0.3 is 5.97 Å². The molecule has 0 aliphatic heterocycles. The van der Waals surface area contributed by atoms with Gasteiger partial charge in [0.2, 0.25) is 0 Å². The molecule has 3 nitrogen and oxygen atoms in total. The van der Waals surface area contributed by atoms with E-state index in [-0.39, 0.29) is 28.4 Å². The Morgan fingerprint density at radius 1 is 0.722 bits per heavy atom. The average Bonchev–Trinajstić information content (AvgIpc) is 2.39. The van der Waals surface area contributed by atoms with Gasteiger partial charge in [-0.25, -0.2) is 4.79 Å². The summed E-state index contributed by atoms with van der Waals surface area (Å²) in [6, 6.07) is 14.8. The molecule has 0 atom stereocenters. The van der Waals surface area contributed by atoms with E-state index < -0.39 is 5.97 Å². The van der Waals surface area contributed by atoms with Crippen molar-refractivity contribution in [2.24, 2.45) is 0 Å². The van der Waals surface area contributed by atoms with Crippen molar-refractivity contribution in [3.05, 3.63) is 71.3 Å². The zero-order valence-corrected chi connectivity index (χ0v) is 10.2. The molecule has 2 aromatic rings. The van der Waals surface area contributed by atoms with E-state index in [0.717, 1.165) is 0 Å². The molecule has 18 heavy (non-hydrogen) atoms. The number of benzene rings is 2. The Morgan fingerprint density at radius 2 is 1.17 bits per heavy atom. The Balaban J connectivity index is 0.00000162. The van der Waals surface area contributed by atoms with Crippen LogP contribution < -0.4 is 0 Å². The zero-order chi connectivity index (χ0) is 12.3. The average molecular weight is 290 g/mol. The Labute approximate surface area is 115 Å². The number of carbonyl (C=O) groups is 2. The van der Waals surface area contributed by atoms with Crippen molar-refractivity contribution in [1.29, 1.82) is 0 Å². The molecular weight excluding hydrogens is 280 g/mol. The molecule has 0 bridgehead atoms. The molecular formula is C14H10CuO3. The van der Waals surface area contributed by atoms with Crippen molar-refractivity contribution in [3.63, 3.8) is 0 Å². The number of carboxylic acid groups (broad SMARTS) is 1. The van der Waals surface area contributed by atoms with Crippen LogP contribution in [-0.2, 0) is 17.1 Å². The number of ketones is 1. The van der Waals surface area contributed by atoms with Crippen LogP contribution >= 0.6 is 0 Å². The van der Waals surface area contributed by atoms with Crippen LogP contribution in [0, 0.1) is 0 Å². The first-order chi connectivity index (χ1) is 8.18. The van der Waals surface area contributed by atoms with Crippen molar-refractivity contribution < 1.29 is 31.8 Å². The zero-order valence-electron chi connectivity index (χ0n) is 9.26. The molecule has 0 spiro atoms. The van der Waals surface area contributed by atoms with Gasteiger partial charge in [0.15, 0.2) is 5.78 Å². The van der Waals surface area contributed by atoms with Crippen LogP contribution in [-0.4, -0.2) is 16.9 Å². The largest absolute Gasteiger partial charge is 0.478 e. The number of carboxylic acids is 1. The second kappa shape index (κ2) is 6.15. The van der Waals surface area contributed by atoms with Gasteiger partial charge in [0.05, 0.1) is 5.56 Å². The molecule has 95 valence electrons. The molecule has 0 amide bonds. The third kappa shape index (κ3) is 3.06. The predicted molar refractivity (Wildman–Crippen MR) is 63.3 cm³/mol. The van der Waals surface area contributed by atoms with Gasteiger partial charge in [-0.2, -0.15) is 0 Å². The second-order valence-corrected chi connectivity index (χ2v) is 3.58. The van der Waals surface area contributed by atoms with Crippen LogP contribution in [0.2, 0.25) is 0 Å². The summed E-state index contributed by atoms with van der Waals surface area (Å²) in [7, 11) is 0. The van der Waals surface area contributed by atoms with E-state index in [1.165, 1.54) is 24.3 Å². The van der Waals surface area contributed by atoms with Gasteiger partial charge in [0, 0.05) is 28.2 Å². The fourth-order valence-corrected chi connectivity index (χ4v) is 1.52. The molecule has 0 heterocycles. The Kier molecular flexibility index (Phi) is 4.84. The summed E-state index contributed by atoms with van der Waals surface area (Å²) in [5.41, 5.74) is 1.26. The third-order valence-corrected chi connectivity index (χ3v) is 2.43. The van der Waals surface area contributed by atoms with Gasteiger partial charge in [0.1, 0.15) is 0 Å². The monoisotopic (exact) mass is 289 g/mol. The van der Waals surface area contributed by atoms with E-state index >= 15 is 0 Å². The normalized spacial score (nSPS) is 9.33. The first-order valence-electron chi connectivity index (χ1n) is 5.11. The van der Waals surface area contributed by atoms with Crippen molar-refractivity contribution >= 4 is 11.8 Å². The molecule has 0 aliphatic carbocycles. The summed E-state index contributed by atoms with van der Waals surface area (Å²) < 4.78 is 0. The van der Waals surface area contributed by atoms with Gasteiger partial charge in [-0.1, -0.05) is 42.5 Å². The van der Waals surface area contributed by atoms with Crippen LogP contribution in [0.5, 0.6) is 0 Å². The van der Waals surface area contributed by atoms with E-state index in [9.17, 15) is 9.59 Å². The van der Waals surface area contributed by atoms with Crippen LogP contribution in [0.1, 0.15) is 26.3 Å². The molecule has 0 unspecified atom stereocenters. The fourth-order valence-electron chi connectivity index (χ4n) is 1.52. The van der Waals surface area contributed by atoms with Gasteiger partial charge in [-0.15, -0.1) is 0 Å². The van der Waals surface area contributed by atoms with E-state index in [1.807, 2.05) is 6.07 Å². The first-order valence-corrected chi connectivity index (χ1v) is 5.11. The first kappa shape index (κ1) is 14.2. The Bertz CT molecular complexity index is 547. The summed E-state index contributed by atoms with van der Waals surface area (Å²) in [4.78, 5) is 22.6. The molecule has 1 radical (unpaired) electrons. The topological polar surface area (TPSA) is 54.4 Å². The maximum Gasteiger partial charge on any atom is 0.335 e. The molecule has 0 saturated carbocycles. The summed E-state index contributed by atoms with van der Waals surface area (Å²) >= 11 is 0. The minimum absolute atomic E-state index is 0. The van der Waals surface area contributed by atoms with Gasteiger partial charge in [-0.05, 0) is 12.1 Å². The summed E-state index contributed by atoms with van der Waals surface area (Å²) in [5, 5.41) is 8.75. The number of hydrogen-bond donors (Lipinski definition) is 1. The number of rotatable bonds is 3. The van der Waals surface area contributed by atoms with Crippen LogP contribution in [0.25, 0.3) is 0 Å². The van der Waals surface area contributed by atoms with Crippen molar-refractivity contribution in [3.8, 4) is 0 Å². The number of carbonyl (C=O) groups excluding carboxylic acids is 1. The smallest absolute Gasteiger partial charge is 0.335 e. The fraction of sp³-hybridized carbons (Fsp3) is 0. The number of aromatic carboxylic acids is 1. The summed E-state index contributed by atoms with van der Waals surface area (Å²) in [5.74, 6) is -1.11. The minimum Gasteiger partial charge on any atom is -0.478 e. The third-order valence-electron chi connectivity index (χ3n) is 2.43. The molecule has 0 fully saturated rings. The van der Waals surface area contributed by atoms with Gasteiger partial charge in [0.25, 0.3) is 0 Å². The van der Waals surface area contributed by atoms with Crippen molar-refractivity contribution in [2.75, 3.05) is 0 Å². The van der Waals surface area contributed by atoms with Crippen molar-refractivity contribution in [1.82, 2.24) is 0 Å². The summed E-state index contributed by atoms with van der Waals surface area (Å²) in [6.45, 7) is 0. The Morgan fingerprint density at radius 3 is 1.67 bits per heavy atom. The molecule has 0 aromatic heterocycles. The Hall–Kier alpha value is -1.90. The molecule has 0 aliphatic rings. The SMILES string of the molecule is O=C(O)c1ccc(C(=O)c2ccccc2)cc1.[Cu]. The summed E-state index contributed by atoms with van der Waals surface area (Å²) in [6.07, 6.45) is 0. The van der Waals surface area contributed by atoms with Crippen molar-refractivity contribution in [2.45, 2.75) is 0 Å². The molecule has 4 heteroatoms. The van der Waals surface area contributed by atoms with E-state index in [1.54, 1.807) is 24.3 Å². The van der Waals surface area contributed by atoms with Gasteiger partial charge < -0.3 is 5.11 Å².